The molecule has 0 N–H and O–H groups in total. The van der Waals surface area contributed by atoms with E-state index in [-0.39, 0.29) is 5.22 Å². The highest BCUT2D eigenvalue weighted by atomic mass is 29.6. The van der Waals surface area contributed by atoms with E-state index < -0.39 is 39.0 Å². The molecule has 7 heteroatoms. The van der Waals surface area contributed by atoms with Gasteiger partial charge in [-0.3, -0.25) is 0 Å². The fourth-order valence-corrected chi connectivity index (χ4v) is 83.1. The summed E-state index contributed by atoms with van der Waals surface area (Å²) in [6.07, 6.45) is 18.8. The summed E-state index contributed by atoms with van der Waals surface area (Å²) in [4.78, 5) is 0. The van der Waals surface area contributed by atoms with Crippen molar-refractivity contribution >= 4 is 44.7 Å². The second kappa shape index (κ2) is 10.1. The minimum Gasteiger partial charge on any atom is -0.425 e. The first-order valence-electron chi connectivity index (χ1n) is 17.4. The molecule has 1 aromatic carbocycles. The predicted octanol–water partition coefficient (Wildman–Crippen LogP) is 10.4. The van der Waals surface area contributed by atoms with E-state index in [0.717, 1.165) is 17.8 Å². The maximum Gasteiger partial charge on any atom is 0.184 e. The number of nitrogens with zero attached hydrogens (tertiary/aromatic N) is 1. The van der Waals surface area contributed by atoms with Gasteiger partial charge in [0.2, 0.25) is 0 Å². The van der Waals surface area contributed by atoms with Crippen LogP contribution in [0.2, 0.25) is 78.6 Å². The van der Waals surface area contributed by atoms with Gasteiger partial charge in [0, 0.05) is 11.6 Å². The van der Waals surface area contributed by atoms with Crippen molar-refractivity contribution in [3.63, 3.8) is 0 Å². The molecule has 2 unspecified atom stereocenters. The molecule has 0 saturated heterocycles. The number of hydrogen-bond donors (Lipinski definition) is 0. The van der Waals surface area contributed by atoms with Crippen LogP contribution in [0, 0.1) is 29.1 Å². The zero-order valence-electron chi connectivity index (χ0n) is 29.6. The van der Waals surface area contributed by atoms with Gasteiger partial charge in [-0.05, 0) is 92.5 Å². The summed E-state index contributed by atoms with van der Waals surface area (Å²) in [6, 6.07) is 11.6. The van der Waals surface area contributed by atoms with Gasteiger partial charge in [-0.2, -0.15) is 0 Å². The highest BCUT2D eigenvalue weighted by Gasteiger charge is 2.82. The molecule has 1 heterocycles. The Hall–Kier alpha value is -0.716. The van der Waals surface area contributed by atoms with Crippen LogP contribution < -0.4 is 0 Å². The van der Waals surface area contributed by atoms with Crippen molar-refractivity contribution in [1.29, 1.82) is 0 Å². The molecule has 5 aliphatic carbocycles. The quantitative estimate of drug-likeness (QED) is 0.269. The minimum absolute atomic E-state index is 0.0788. The van der Waals surface area contributed by atoms with Crippen LogP contribution in [0.3, 0.4) is 0 Å². The smallest absolute Gasteiger partial charge is 0.184 e. The summed E-state index contributed by atoms with van der Waals surface area (Å²) in [5.74, 6) is 3.09. The van der Waals surface area contributed by atoms with Gasteiger partial charge in [-0.25, -0.2) is 0 Å². The van der Waals surface area contributed by atoms with Crippen LogP contribution in [-0.2, 0) is 4.43 Å². The maximum absolute atomic E-state index is 8.53. The van der Waals surface area contributed by atoms with Crippen molar-refractivity contribution in [2.75, 3.05) is 0 Å². The molecule has 0 radical (unpaired) electrons. The van der Waals surface area contributed by atoms with E-state index in [9.17, 15) is 0 Å². The number of fused-ring (bicyclic) bond motifs is 1. The first-order chi connectivity index (χ1) is 19.8. The third-order valence-electron chi connectivity index (χ3n) is 12.0. The molecule has 6 aliphatic rings. The highest BCUT2D eigenvalue weighted by Crippen LogP contribution is 2.72. The fraction of sp³-hybridized carbons (Fsp3) is 0.667. The lowest BCUT2D eigenvalue weighted by atomic mass is 9.46. The second-order valence-electron chi connectivity index (χ2n) is 19.3. The van der Waals surface area contributed by atoms with Crippen molar-refractivity contribution < 1.29 is 4.43 Å². The largest absolute Gasteiger partial charge is 0.425 e. The van der Waals surface area contributed by atoms with E-state index in [0.29, 0.717) is 11.3 Å². The molecule has 2 atom stereocenters. The number of hydrogen-bond acceptors (Lipinski definition) is 2. The second-order valence-corrected chi connectivity index (χ2v) is 55.4. The monoisotopic (exact) mass is 663 g/mol. The van der Waals surface area contributed by atoms with Crippen molar-refractivity contribution in [3.05, 3.63) is 65.8 Å². The predicted molar refractivity (Wildman–Crippen MR) is 201 cm³/mol. The van der Waals surface area contributed by atoms with Crippen molar-refractivity contribution in [1.82, 2.24) is 4.23 Å². The van der Waals surface area contributed by atoms with Crippen LogP contribution in [0.25, 0.3) is 5.70 Å². The van der Waals surface area contributed by atoms with E-state index in [4.69, 9.17) is 4.43 Å². The van der Waals surface area contributed by atoms with Gasteiger partial charge in [0.25, 0.3) is 0 Å². The first-order valence-corrected chi connectivity index (χ1v) is 35.2. The van der Waals surface area contributed by atoms with Gasteiger partial charge in [0.15, 0.2) is 15.6 Å². The minimum atomic E-state index is -2.44. The molecular formula is C36H61NOSi5. The number of rotatable bonds is 7. The molecule has 0 amide bonds. The Labute approximate surface area is 269 Å². The van der Waals surface area contributed by atoms with E-state index in [1.54, 1.807) is 11.3 Å². The Morgan fingerprint density at radius 3 is 1.67 bits per heavy atom. The Morgan fingerprint density at radius 2 is 1.23 bits per heavy atom. The van der Waals surface area contributed by atoms with Gasteiger partial charge in [-0.15, -0.1) is 0 Å². The normalized spacial score (nSPS) is 35.5. The van der Waals surface area contributed by atoms with Crippen molar-refractivity contribution in [3.8, 4) is 0 Å². The van der Waals surface area contributed by atoms with Crippen LogP contribution in [0.1, 0.15) is 44.1 Å². The molecule has 0 aromatic heterocycles. The highest BCUT2D eigenvalue weighted by molar-refractivity contribution is 7.70. The Balaban J connectivity index is 1.85. The van der Waals surface area contributed by atoms with E-state index in [1.807, 2.05) is 0 Å². The van der Waals surface area contributed by atoms with Crippen LogP contribution in [-0.4, -0.2) is 48.5 Å². The van der Waals surface area contributed by atoms with E-state index in [1.165, 1.54) is 44.1 Å². The molecule has 0 spiro atoms. The van der Waals surface area contributed by atoms with Crippen LogP contribution in [0.4, 0.5) is 0 Å². The van der Waals surface area contributed by atoms with Crippen molar-refractivity contribution in [2.24, 2.45) is 29.1 Å². The Kier molecular flexibility index (Phi) is 7.60. The summed E-state index contributed by atoms with van der Waals surface area (Å²) >= 11 is 0. The summed E-state index contributed by atoms with van der Waals surface area (Å²) in [5.41, 5.74) is 4.94. The molecule has 2 nitrogen and oxygen atoms in total. The fourth-order valence-electron chi connectivity index (χ4n) is 12.5. The Morgan fingerprint density at radius 1 is 0.721 bits per heavy atom. The van der Waals surface area contributed by atoms with Gasteiger partial charge in [0.1, 0.15) is 8.24 Å². The zero-order chi connectivity index (χ0) is 31.4. The Bertz CT molecular complexity index is 1290. The third kappa shape index (κ3) is 4.63. The van der Waals surface area contributed by atoms with E-state index in [2.05, 4.69) is 137 Å². The van der Waals surface area contributed by atoms with Crippen molar-refractivity contribution in [2.45, 2.75) is 122 Å². The summed E-state index contributed by atoms with van der Waals surface area (Å²) in [7, 11) is -10.1. The average Bonchev–Trinajstić information content (AvgIpc) is 2.85. The van der Waals surface area contributed by atoms with Gasteiger partial charge >= 0.3 is 0 Å². The lowest BCUT2D eigenvalue weighted by molar-refractivity contribution is -0.148. The third-order valence-corrected chi connectivity index (χ3v) is 56.4. The maximum atomic E-state index is 8.53. The topological polar surface area (TPSA) is 12.5 Å². The van der Waals surface area contributed by atoms with Gasteiger partial charge < -0.3 is 8.66 Å². The molecule has 43 heavy (non-hydrogen) atoms. The van der Waals surface area contributed by atoms with Crippen LogP contribution in [0.15, 0.2) is 60.2 Å². The summed E-state index contributed by atoms with van der Waals surface area (Å²) in [6.45, 7) is 32.6. The SMILES string of the molecule is C[Si](C)(C)OC1(C23CC4CC(CC(C4)C2)C3)C2C=CC=CC2=C(c2ccccc2)N([Si](C)(C)C)[Si]1([Si](C)(C)C)[Si](C)(C)C. The van der Waals surface area contributed by atoms with Crippen LogP contribution in [0.5, 0.6) is 0 Å². The molecule has 7 rings (SSSR count). The lowest BCUT2D eigenvalue weighted by Crippen LogP contribution is -2.97. The molecule has 4 bridgehead atoms. The molecule has 1 aromatic rings. The zero-order valence-corrected chi connectivity index (χ0v) is 34.6. The molecule has 4 fully saturated rings. The molecule has 236 valence electrons. The molecule has 4 saturated carbocycles. The summed E-state index contributed by atoms with van der Waals surface area (Å²) in [5, 5.41) is -0.0788. The number of allylic oxidation sites excluding steroid dienone is 3. The molecule has 1 aliphatic heterocycles. The van der Waals surface area contributed by atoms with E-state index >= 15 is 0 Å². The molecular weight excluding hydrogens is 603 g/mol. The van der Waals surface area contributed by atoms with Gasteiger partial charge in [-0.1, -0.05) is 114 Å². The lowest BCUT2D eigenvalue weighted by Gasteiger charge is -2.79. The number of benzene rings is 1. The van der Waals surface area contributed by atoms with Gasteiger partial charge in [0.05, 0.1) is 20.4 Å². The van der Waals surface area contributed by atoms with Crippen LogP contribution >= 0.6 is 0 Å². The summed E-state index contributed by atoms with van der Waals surface area (Å²) < 4.78 is 11.9. The first kappa shape index (κ1) is 32.2. The standard InChI is InChI=1S/C36H61NOSi5/c1-39(2,3)37-34(31-18-14-13-15-19-31)32-20-16-17-21-33(32)36(38-40(4,5)6,43(37,41(7,8)9)42(10,11)12)35-25-28-22-29(26-35)24-30(23-28)27-35/h13-21,28-30,33H,22-27H2,1-12H3. The average molecular weight is 664 g/mol.